The number of thioether (sulfide) groups is 1. The van der Waals surface area contributed by atoms with Crippen molar-refractivity contribution in [2.45, 2.75) is 58.4 Å². The van der Waals surface area contributed by atoms with Gasteiger partial charge in [0.1, 0.15) is 0 Å². The number of nitrogens with zero attached hydrogens (tertiary/aromatic N) is 2. The van der Waals surface area contributed by atoms with E-state index in [4.69, 9.17) is 0 Å². The number of rotatable bonds is 5. The second-order valence-electron chi connectivity index (χ2n) is 5.17. The molecule has 3 nitrogen and oxygen atoms in total. The van der Waals surface area contributed by atoms with Crippen LogP contribution in [0.1, 0.15) is 49.7 Å². The van der Waals surface area contributed by atoms with Crippen molar-refractivity contribution < 1.29 is 0 Å². The molecule has 18 heavy (non-hydrogen) atoms. The topological polar surface area (TPSA) is 29.9 Å². The Morgan fingerprint density at radius 3 is 2.83 bits per heavy atom. The predicted molar refractivity (Wildman–Crippen MR) is 79.3 cm³/mol. The maximum atomic E-state index is 4.60. The van der Waals surface area contributed by atoms with Crippen LogP contribution in [0.25, 0.3) is 0 Å². The molecule has 102 valence electrons. The Hall–Kier alpha value is -0.480. The normalized spacial score (nSPS) is 21.4. The smallest absolute Gasteiger partial charge is 0.0644 e. The van der Waals surface area contributed by atoms with Gasteiger partial charge in [-0.05, 0) is 46.3 Å². The lowest BCUT2D eigenvalue weighted by Gasteiger charge is -2.17. The van der Waals surface area contributed by atoms with E-state index in [1.165, 1.54) is 35.5 Å². The van der Waals surface area contributed by atoms with Crippen molar-refractivity contribution in [3.63, 3.8) is 0 Å². The Balaban J connectivity index is 1.99. The molecule has 2 unspecified atom stereocenters. The summed E-state index contributed by atoms with van der Waals surface area (Å²) < 4.78 is 2.10. The minimum atomic E-state index is 0.409. The molecule has 1 N–H and O–H groups in total. The lowest BCUT2D eigenvalue weighted by molar-refractivity contribution is 0.553. The summed E-state index contributed by atoms with van der Waals surface area (Å²) in [6, 6.07) is 0.409. The lowest BCUT2D eigenvalue weighted by Crippen LogP contribution is -2.26. The Morgan fingerprint density at radius 1 is 1.50 bits per heavy atom. The first-order valence-corrected chi connectivity index (χ1v) is 8.07. The molecule has 4 heteroatoms. The van der Waals surface area contributed by atoms with Crippen molar-refractivity contribution in [2.24, 2.45) is 0 Å². The first-order chi connectivity index (χ1) is 8.63. The molecule has 1 fully saturated rings. The zero-order chi connectivity index (χ0) is 13.1. The predicted octanol–water partition coefficient (Wildman–Crippen LogP) is 3.07. The van der Waals surface area contributed by atoms with Crippen molar-refractivity contribution in [1.82, 2.24) is 15.1 Å². The maximum absolute atomic E-state index is 4.60. The fourth-order valence-electron chi connectivity index (χ4n) is 2.86. The molecule has 0 amide bonds. The highest BCUT2D eigenvalue weighted by Crippen LogP contribution is 2.27. The highest BCUT2D eigenvalue weighted by Gasteiger charge is 2.20. The van der Waals surface area contributed by atoms with Crippen molar-refractivity contribution in [3.8, 4) is 0 Å². The summed E-state index contributed by atoms with van der Waals surface area (Å²) in [5.74, 6) is 1.34. The highest BCUT2D eigenvalue weighted by molar-refractivity contribution is 8.00. The van der Waals surface area contributed by atoms with Crippen molar-refractivity contribution >= 4 is 11.8 Å². The van der Waals surface area contributed by atoms with Gasteiger partial charge in [0, 0.05) is 35.6 Å². The largest absolute Gasteiger partial charge is 0.309 e. The van der Waals surface area contributed by atoms with E-state index in [0.717, 1.165) is 18.3 Å². The third kappa shape index (κ3) is 2.91. The Morgan fingerprint density at radius 2 is 2.28 bits per heavy atom. The maximum Gasteiger partial charge on any atom is 0.0644 e. The minimum Gasteiger partial charge on any atom is -0.309 e. The first-order valence-electron chi connectivity index (χ1n) is 7.02. The van der Waals surface area contributed by atoms with E-state index in [2.05, 4.69) is 54.6 Å². The second kappa shape index (κ2) is 6.11. The van der Waals surface area contributed by atoms with Gasteiger partial charge in [-0.3, -0.25) is 4.68 Å². The molecule has 1 saturated heterocycles. The molecule has 2 atom stereocenters. The molecule has 1 aliphatic heterocycles. The molecule has 2 heterocycles. The number of hydrogen-bond donors (Lipinski definition) is 1. The standard InChI is InChI=1S/C14H25N3S/c1-5-17-12(4)14(11(3)16-17)10(2)15-9-13-7-6-8-18-13/h10,13,15H,5-9H2,1-4H3. The zero-order valence-corrected chi connectivity index (χ0v) is 12.8. The monoisotopic (exact) mass is 267 g/mol. The van der Waals surface area contributed by atoms with Crippen molar-refractivity contribution in [2.75, 3.05) is 12.3 Å². The second-order valence-corrected chi connectivity index (χ2v) is 6.57. The Kier molecular flexibility index (Phi) is 4.73. The van der Waals surface area contributed by atoms with Gasteiger partial charge in [0.15, 0.2) is 0 Å². The van der Waals surface area contributed by atoms with Crippen LogP contribution in [0.15, 0.2) is 0 Å². The molecular weight excluding hydrogens is 242 g/mol. The number of nitrogens with one attached hydrogen (secondary N) is 1. The molecule has 2 rings (SSSR count). The summed E-state index contributed by atoms with van der Waals surface area (Å²) in [6.45, 7) is 10.8. The Labute approximate surface area is 115 Å². The molecule has 1 aromatic heterocycles. The molecule has 1 aliphatic rings. The summed E-state index contributed by atoms with van der Waals surface area (Å²) >= 11 is 2.11. The summed E-state index contributed by atoms with van der Waals surface area (Å²) in [7, 11) is 0. The van der Waals surface area contributed by atoms with Crippen LogP contribution >= 0.6 is 11.8 Å². The van der Waals surface area contributed by atoms with Gasteiger partial charge in [-0.2, -0.15) is 16.9 Å². The van der Waals surface area contributed by atoms with E-state index in [0.29, 0.717) is 6.04 Å². The van der Waals surface area contributed by atoms with Gasteiger partial charge >= 0.3 is 0 Å². The van der Waals surface area contributed by atoms with Crippen LogP contribution in [0.3, 0.4) is 0 Å². The highest BCUT2D eigenvalue weighted by atomic mass is 32.2. The first kappa shape index (κ1) is 13.9. The van der Waals surface area contributed by atoms with Crippen LogP contribution in [0, 0.1) is 13.8 Å². The minimum absolute atomic E-state index is 0.409. The fourth-order valence-corrected chi connectivity index (χ4v) is 4.08. The summed E-state index contributed by atoms with van der Waals surface area (Å²) in [5.41, 5.74) is 3.88. The van der Waals surface area contributed by atoms with Gasteiger partial charge in [-0.1, -0.05) is 0 Å². The molecule has 0 saturated carbocycles. The van der Waals surface area contributed by atoms with E-state index in [1.54, 1.807) is 0 Å². The van der Waals surface area contributed by atoms with E-state index in [1.807, 2.05) is 0 Å². The summed E-state index contributed by atoms with van der Waals surface area (Å²) in [5, 5.41) is 9.10. The summed E-state index contributed by atoms with van der Waals surface area (Å²) in [6.07, 6.45) is 2.76. The van der Waals surface area contributed by atoms with Gasteiger partial charge < -0.3 is 5.32 Å². The molecule has 1 aromatic rings. The van der Waals surface area contributed by atoms with Crippen LogP contribution in [-0.2, 0) is 6.54 Å². The zero-order valence-electron chi connectivity index (χ0n) is 12.0. The van der Waals surface area contributed by atoms with Crippen LogP contribution in [-0.4, -0.2) is 27.3 Å². The third-order valence-electron chi connectivity index (χ3n) is 3.85. The average Bonchev–Trinajstić information content (AvgIpc) is 2.94. The Bertz CT molecular complexity index is 394. The SMILES string of the molecule is CCn1nc(C)c(C(C)NCC2CCCS2)c1C. The van der Waals surface area contributed by atoms with E-state index < -0.39 is 0 Å². The quantitative estimate of drug-likeness (QED) is 0.889. The molecule has 0 radical (unpaired) electrons. The van der Waals surface area contributed by atoms with Gasteiger partial charge in [-0.25, -0.2) is 0 Å². The van der Waals surface area contributed by atoms with E-state index in [-0.39, 0.29) is 0 Å². The van der Waals surface area contributed by atoms with E-state index in [9.17, 15) is 0 Å². The van der Waals surface area contributed by atoms with Gasteiger partial charge in [0.2, 0.25) is 0 Å². The third-order valence-corrected chi connectivity index (χ3v) is 5.24. The van der Waals surface area contributed by atoms with Gasteiger partial charge in [0.05, 0.1) is 5.69 Å². The molecule has 0 aliphatic carbocycles. The number of aromatic nitrogens is 2. The van der Waals surface area contributed by atoms with Crippen molar-refractivity contribution in [1.29, 1.82) is 0 Å². The fraction of sp³-hybridized carbons (Fsp3) is 0.786. The molecule has 0 bridgehead atoms. The molecule has 0 spiro atoms. The van der Waals surface area contributed by atoms with Crippen LogP contribution in [0.2, 0.25) is 0 Å². The number of hydrogen-bond acceptors (Lipinski definition) is 3. The number of aryl methyl sites for hydroxylation is 2. The van der Waals surface area contributed by atoms with Crippen LogP contribution in [0.4, 0.5) is 0 Å². The van der Waals surface area contributed by atoms with Gasteiger partial charge in [0.25, 0.3) is 0 Å². The van der Waals surface area contributed by atoms with Gasteiger partial charge in [-0.15, -0.1) is 0 Å². The molecule has 0 aromatic carbocycles. The van der Waals surface area contributed by atoms with Crippen LogP contribution in [0.5, 0.6) is 0 Å². The average molecular weight is 267 g/mol. The van der Waals surface area contributed by atoms with Crippen LogP contribution < -0.4 is 5.32 Å². The van der Waals surface area contributed by atoms with Crippen molar-refractivity contribution in [3.05, 3.63) is 17.0 Å². The molecular formula is C14H25N3S. The van der Waals surface area contributed by atoms with E-state index >= 15 is 0 Å². The summed E-state index contributed by atoms with van der Waals surface area (Å²) in [4.78, 5) is 0. The lowest BCUT2D eigenvalue weighted by atomic mass is 10.1.